The van der Waals surface area contributed by atoms with Gasteiger partial charge in [0, 0.05) is 37.2 Å². The highest BCUT2D eigenvalue weighted by Crippen LogP contribution is 2.29. The smallest absolute Gasteiger partial charge is 0.368 e. The number of carbonyl (C=O) groups excluding carboxylic acids is 1. The SMILES string of the molecule is Cc1ccc(-c2ncccn2)c(C(=O)N2C[C@@H](C)CC[C@H]2CNc2cccc(C(F)(F)F)n2)n1. The summed E-state index contributed by atoms with van der Waals surface area (Å²) in [5, 5.41) is 2.99. The van der Waals surface area contributed by atoms with Crippen molar-refractivity contribution in [2.75, 3.05) is 18.4 Å². The van der Waals surface area contributed by atoms with Crippen LogP contribution in [0.3, 0.4) is 0 Å². The average molecular weight is 470 g/mol. The molecule has 0 aromatic carbocycles. The van der Waals surface area contributed by atoms with Crippen LogP contribution in [0.5, 0.6) is 0 Å². The minimum absolute atomic E-state index is 0.118. The number of amides is 1. The van der Waals surface area contributed by atoms with Crippen molar-refractivity contribution in [3.05, 3.63) is 65.9 Å². The van der Waals surface area contributed by atoms with Crippen molar-refractivity contribution < 1.29 is 18.0 Å². The summed E-state index contributed by atoms with van der Waals surface area (Å²) in [5.74, 6) is 0.564. The molecule has 1 aliphatic rings. The summed E-state index contributed by atoms with van der Waals surface area (Å²) < 4.78 is 39.0. The molecule has 0 saturated carbocycles. The van der Waals surface area contributed by atoms with Crippen LogP contribution < -0.4 is 5.32 Å². The zero-order chi connectivity index (χ0) is 24.3. The summed E-state index contributed by atoms with van der Waals surface area (Å²) in [6, 6.07) is 8.79. The molecule has 34 heavy (non-hydrogen) atoms. The fourth-order valence-electron chi connectivity index (χ4n) is 4.06. The van der Waals surface area contributed by atoms with Crippen molar-refractivity contribution in [3.8, 4) is 11.4 Å². The van der Waals surface area contributed by atoms with E-state index >= 15 is 0 Å². The van der Waals surface area contributed by atoms with Gasteiger partial charge in [0.2, 0.25) is 0 Å². The molecule has 178 valence electrons. The van der Waals surface area contributed by atoms with Crippen LogP contribution in [0.2, 0.25) is 0 Å². The van der Waals surface area contributed by atoms with Gasteiger partial charge in [0.15, 0.2) is 5.82 Å². The zero-order valence-corrected chi connectivity index (χ0v) is 18.9. The molecule has 1 saturated heterocycles. The number of hydrogen-bond donors (Lipinski definition) is 1. The largest absolute Gasteiger partial charge is 0.433 e. The Bertz CT molecular complexity index is 1150. The van der Waals surface area contributed by atoms with Crippen LogP contribution in [0.15, 0.2) is 48.8 Å². The Morgan fingerprint density at radius 3 is 2.59 bits per heavy atom. The molecule has 0 bridgehead atoms. The zero-order valence-electron chi connectivity index (χ0n) is 18.9. The van der Waals surface area contributed by atoms with Crippen LogP contribution in [0, 0.1) is 12.8 Å². The summed E-state index contributed by atoms with van der Waals surface area (Å²) in [6.45, 7) is 4.68. The van der Waals surface area contributed by atoms with E-state index < -0.39 is 11.9 Å². The monoisotopic (exact) mass is 470 g/mol. The number of nitrogens with one attached hydrogen (secondary N) is 1. The van der Waals surface area contributed by atoms with E-state index in [1.807, 2.05) is 6.92 Å². The Morgan fingerprint density at radius 2 is 1.85 bits per heavy atom. The molecule has 4 rings (SSSR count). The van der Waals surface area contributed by atoms with E-state index in [-0.39, 0.29) is 35.9 Å². The molecule has 3 aromatic rings. The van der Waals surface area contributed by atoms with E-state index in [1.165, 1.54) is 12.1 Å². The van der Waals surface area contributed by atoms with E-state index in [9.17, 15) is 18.0 Å². The topological polar surface area (TPSA) is 83.9 Å². The Labute approximate surface area is 195 Å². The number of nitrogens with zero attached hydrogens (tertiary/aromatic N) is 5. The van der Waals surface area contributed by atoms with E-state index in [0.717, 1.165) is 12.5 Å². The lowest BCUT2D eigenvalue weighted by Gasteiger charge is -2.39. The van der Waals surface area contributed by atoms with Crippen LogP contribution in [-0.4, -0.2) is 49.9 Å². The first-order valence-corrected chi connectivity index (χ1v) is 11.1. The molecule has 0 unspecified atom stereocenters. The molecule has 1 aliphatic heterocycles. The van der Waals surface area contributed by atoms with Gasteiger partial charge in [-0.3, -0.25) is 4.79 Å². The van der Waals surface area contributed by atoms with Crippen LogP contribution in [0.1, 0.15) is 41.6 Å². The minimum atomic E-state index is -4.52. The quantitative estimate of drug-likeness (QED) is 0.586. The third-order valence-corrected chi connectivity index (χ3v) is 5.80. The standard InChI is InChI=1S/C24H25F3N6O/c1-15-7-9-17(13-30-20-6-3-5-19(32-20)24(25,26)27)33(14-15)23(34)21-18(10-8-16(2)31-21)22-28-11-4-12-29-22/h3-6,8,10-12,15,17H,7,9,13-14H2,1-2H3,(H,30,32)/t15-,17-/m0/s1. The summed E-state index contributed by atoms with van der Waals surface area (Å²) in [5.41, 5.74) is 0.540. The van der Waals surface area contributed by atoms with Gasteiger partial charge in [-0.25, -0.2) is 19.9 Å². The average Bonchev–Trinajstić information content (AvgIpc) is 2.83. The number of aromatic nitrogens is 4. The van der Waals surface area contributed by atoms with E-state index in [0.29, 0.717) is 30.0 Å². The molecule has 0 aliphatic carbocycles. The molecule has 1 N–H and O–H groups in total. The Balaban J connectivity index is 1.59. The van der Waals surface area contributed by atoms with Crippen LogP contribution in [-0.2, 0) is 6.18 Å². The number of likely N-dealkylation sites (tertiary alicyclic amines) is 1. The highest BCUT2D eigenvalue weighted by atomic mass is 19.4. The first kappa shape index (κ1) is 23.6. The van der Waals surface area contributed by atoms with Crippen molar-refractivity contribution in [1.82, 2.24) is 24.8 Å². The third kappa shape index (κ3) is 5.32. The second kappa shape index (κ2) is 9.74. The second-order valence-corrected chi connectivity index (χ2v) is 8.50. The molecule has 7 nitrogen and oxygen atoms in total. The van der Waals surface area contributed by atoms with Crippen LogP contribution in [0.25, 0.3) is 11.4 Å². The molecule has 10 heteroatoms. The fraction of sp³-hybridized carbons (Fsp3) is 0.375. The van der Waals surface area contributed by atoms with Gasteiger partial charge in [0.25, 0.3) is 5.91 Å². The summed E-state index contributed by atoms with van der Waals surface area (Å²) >= 11 is 0. The number of piperidine rings is 1. The summed E-state index contributed by atoms with van der Waals surface area (Å²) in [4.78, 5) is 32.2. The van der Waals surface area contributed by atoms with Crippen molar-refractivity contribution in [3.63, 3.8) is 0 Å². The second-order valence-electron chi connectivity index (χ2n) is 8.50. The van der Waals surface area contributed by atoms with Gasteiger partial charge >= 0.3 is 6.18 Å². The molecular weight excluding hydrogens is 445 g/mol. The lowest BCUT2D eigenvalue weighted by Crippen LogP contribution is -2.49. The Morgan fingerprint density at radius 1 is 1.09 bits per heavy atom. The number of alkyl halides is 3. The Hall–Kier alpha value is -3.56. The summed E-state index contributed by atoms with van der Waals surface area (Å²) in [7, 11) is 0. The number of pyridine rings is 2. The lowest BCUT2D eigenvalue weighted by molar-refractivity contribution is -0.141. The molecule has 1 fully saturated rings. The van der Waals surface area contributed by atoms with E-state index in [4.69, 9.17) is 0 Å². The highest BCUT2D eigenvalue weighted by Gasteiger charge is 2.34. The number of halogens is 3. The van der Waals surface area contributed by atoms with Gasteiger partial charge in [-0.05, 0) is 56.0 Å². The third-order valence-electron chi connectivity index (χ3n) is 5.80. The first-order valence-electron chi connectivity index (χ1n) is 11.1. The predicted octanol–water partition coefficient (Wildman–Crippen LogP) is 4.61. The lowest BCUT2D eigenvalue weighted by atomic mass is 9.93. The maximum atomic E-state index is 13.7. The number of carbonyl (C=O) groups is 1. The van der Waals surface area contributed by atoms with Crippen molar-refractivity contribution >= 4 is 11.7 Å². The van der Waals surface area contributed by atoms with E-state index in [1.54, 1.807) is 35.5 Å². The van der Waals surface area contributed by atoms with Crippen LogP contribution in [0.4, 0.5) is 19.0 Å². The maximum absolute atomic E-state index is 13.7. The first-order chi connectivity index (χ1) is 16.2. The van der Waals surface area contributed by atoms with Crippen molar-refractivity contribution in [2.24, 2.45) is 5.92 Å². The minimum Gasteiger partial charge on any atom is -0.368 e. The fourth-order valence-corrected chi connectivity index (χ4v) is 4.06. The maximum Gasteiger partial charge on any atom is 0.433 e. The highest BCUT2D eigenvalue weighted by molar-refractivity contribution is 5.98. The molecule has 3 aromatic heterocycles. The number of hydrogen-bond acceptors (Lipinski definition) is 6. The van der Waals surface area contributed by atoms with Gasteiger partial charge in [0.1, 0.15) is 17.2 Å². The molecule has 2 atom stereocenters. The Kier molecular flexibility index (Phi) is 6.76. The van der Waals surface area contributed by atoms with Crippen molar-refractivity contribution in [1.29, 1.82) is 0 Å². The number of rotatable bonds is 5. The molecule has 0 spiro atoms. The number of aryl methyl sites for hydroxylation is 1. The van der Waals surface area contributed by atoms with E-state index in [2.05, 4.69) is 32.2 Å². The molecular formula is C24H25F3N6O. The molecule has 0 radical (unpaired) electrons. The normalized spacial score (nSPS) is 18.6. The summed E-state index contributed by atoms with van der Waals surface area (Å²) in [6.07, 6.45) is 0.305. The van der Waals surface area contributed by atoms with Crippen molar-refractivity contribution in [2.45, 2.75) is 38.9 Å². The van der Waals surface area contributed by atoms with Gasteiger partial charge in [-0.1, -0.05) is 13.0 Å². The van der Waals surface area contributed by atoms with Gasteiger partial charge in [-0.2, -0.15) is 13.2 Å². The molecule has 1 amide bonds. The van der Waals surface area contributed by atoms with Gasteiger partial charge in [-0.15, -0.1) is 0 Å². The predicted molar refractivity (Wildman–Crippen MR) is 121 cm³/mol. The van der Waals surface area contributed by atoms with Gasteiger partial charge in [0.05, 0.1) is 5.56 Å². The number of anilines is 1. The van der Waals surface area contributed by atoms with Crippen LogP contribution >= 0.6 is 0 Å². The molecule has 4 heterocycles. The van der Waals surface area contributed by atoms with Gasteiger partial charge < -0.3 is 10.2 Å².